The molecule has 1 aliphatic rings. The van der Waals surface area contributed by atoms with E-state index in [0.717, 1.165) is 0 Å². The molecule has 1 amide bonds. The Morgan fingerprint density at radius 3 is 2.57 bits per heavy atom. The molecule has 0 heterocycles. The normalized spacial score (nSPS) is 24.4. The van der Waals surface area contributed by atoms with Crippen molar-refractivity contribution in [3.05, 3.63) is 48.0 Å². The highest BCUT2D eigenvalue weighted by atomic mass is 16.5. The van der Waals surface area contributed by atoms with E-state index in [1.165, 1.54) is 14.2 Å². The Kier molecular flexibility index (Phi) is 4.75. The van der Waals surface area contributed by atoms with Crippen molar-refractivity contribution in [2.75, 3.05) is 14.2 Å². The van der Waals surface area contributed by atoms with E-state index in [1.807, 2.05) is 12.1 Å². The van der Waals surface area contributed by atoms with Crippen LogP contribution in [0.4, 0.5) is 0 Å². The topological polar surface area (TPSA) is 64.6 Å². The Balaban J connectivity index is 2.31. The summed E-state index contributed by atoms with van der Waals surface area (Å²) in [6, 6.07) is 8.76. The molecule has 0 unspecified atom stereocenters. The van der Waals surface area contributed by atoms with Crippen LogP contribution in [0.3, 0.4) is 0 Å². The van der Waals surface area contributed by atoms with E-state index in [4.69, 9.17) is 9.47 Å². The first-order valence-electron chi connectivity index (χ1n) is 6.79. The molecule has 0 spiro atoms. The molecule has 0 saturated carbocycles. The van der Waals surface area contributed by atoms with Gasteiger partial charge in [0.1, 0.15) is 6.10 Å². The molecule has 5 nitrogen and oxygen atoms in total. The molecule has 1 N–H and O–H groups in total. The first-order valence-corrected chi connectivity index (χ1v) is 6.79. The van der Waals surface area contributed by atoms with Crippen molar-refractivity contribution in [3.63, 3.8) is 0 Å². The average Bonchev–Trinajstić information content (AvgIpc) is 2.55. The van der Waals surface area contributed by atoms with Crippen LogP contribution < -0.4 is 5.32 Å². The zero-order valence-electron chi connectivity index (χ0n) is 12.2. The highest BCUT2D eigenvalue weighted by Gasteiger charge is 2.48. The first-order chi connectivity index (χ1) is 10.1. The fourth-order valence-corrected chi connectivity index (χ4v) is 2.57. The monoisotopic (exact) mass is 289 g/mol. The van der Waals surface area contributed by atoms with Crippen LogP contribution in [0.25, 0.3) is 0 Å². The van der Waals surface area contributed by atoms with Gasteiger partial charge in [-0.3, -0.25) is 4.79 Å². The number of ether oxygens (including phenoxy) is 2. The molecular weight excluding hydrogens is 270 g/mol. The molecule has 2 atom stereocenters. The molecule has 0 aromatic heterocycles. The molecule has 5 heteroatoms. The van der Waals surface area contributed by atoms with Gasteiger partial charge in [0.2, 0.25) is 0 Å². The number of hydrogen-bond acceptors (Lipinski definition) is 4. The van der Waals surface area contributed by atoms with Crippen molar-refractivity contribution in [2.45, 2.75) is 24.5 Å². The summed E-state index contributed by atoms with van der Waals surface area (Å²) in [7, 11) is 2.82. The molecule has 1 aliphatic carbocycles. The number of rotatable bonds is 4. The number of carbonyl (C=O) groups excluding carboxylic acids is 2. The number of nitrogens with one attached hydrogen (secondary N) is 1. The van der Waals surface area contributed by atoms with Gasteiger partial charge in [0, 0.05) is 12.7 Å². The molecule has 0 fully saturated rings. The highest BCUT2D eigenvalue weighted by molar-refractivity contribution is 5.98. The van der Waals surface area contributed by atoms with Crippen molar-refractivity contribution in [1.29, 1.82) is 0 Å². The number of esters is 1. The third kappa shape index (κ3) is 2.97. The lowest BCUT2D eigenvalue weighted by molar-refractivity contribution is -0.153. The molecule has 0 radical (unpaired) electrons. The Morgan fingerprint density at radius 1 is 1.24 bits per heavy atom. The summed E-state index contributed by atoms with van der Waals surface area (Å²) in [4.78, 5) is 24.7. The maximum atomic E-state index is 12.4. The molecule has 1 aromatic rings. The maximum Gasteiger partial charge on any atom is 0.334 e. The van der Waals surface area contributed by atoms with Crippen LogP contribution in [0.5, 0.6) is 0 Å². The average molecular weight is 289 g/mol. The number of allylic oxidation sites excluding steroid dienone is 1. The van der Waals surface area contributed by atoms with E-state index in [9.17, 15) is 9.59 Å². The van der Waals surface area contributed by atoms with Crippen LogP contribution in [0, 0.1) is 0 Å². The fraction of sp³-hybridized carbons (Fsp3) is 0.375. The van der Waals surface area contributed by atoms with Crippen LogP contribution in [0.2, 0.25) is 0 Å². The van der Waals surface area contributed by atoms with Crippen molar-refractivity contribution in [1.82, 2.24) is 5.32 Å². The largest absolute Gasteiger partial charge is 0.467 e. The molecule has 21 heavy (non-hydrogen) atoms. The summed E-state index contributed by atoms with van der Waals surface area (Å²) in [5, 5.41) is 2.81. The van der Waals surface area contributed by atoms with Crippen LogP contribution in [-0.2, 0) is 14.3 Å². The third-order valence-electron chi connectivity index (χ3n) is 3.68. The quantitative estimate of drug-likeness (QED) is 0.677. The predicted molar refractivity (Wildman–Crippen MR) is 77.8 cm³/mol. The Morgan fingerprint density at radius 2 is 1.95 bits per heavy atom. The van der Waals surface area contributed by atoms with Crippen LogP contribution >= 0.6 is 0 Å². The minimum absolute atomic E-state index is 0.321. The Bertz CT molecular complexity index is 540. The zero-order valence-corrected chi connectivity index (χ0v) is 12.2. The molecule has 2 rings (SSSR count). The lowest BCUT2D eigenvalue weighted by Crippen LogP contribution is -2.63. The minimum Gasteiger partial charge on any atom is -0.467 e. The van der Waals surface area contributed by atoms with E-state index >= 15 is 0 Å². The summed E-state index contributed by atoms with van der Waals surface area (Å²) in [6.07, 6.45) is 4.28. The van der Waals surface area contributed by atoms with Gasteiger partial charge in [-0.05, 0) is 25.0 Å². The number of benzene rings is 1. The van der Waals surface area contributed by atoms with E-state index in [0.29, 0.717) is 18.4 Å². The second-order valence-electron chi connectivity index (χ2n) is 4.91. The molecule has 0 aliphatic heterocycles. The lowest BCUT2D eigenvalue weighted by atomic mass is 9.82. The fourth-order valence-electron chi connectivity index (χ4n) is 2.57. The van der Waals surface area contributed by atoms with Crippen LogP contribution in [-0.4, -0.2) is 37.7 Å². The van der Waals surface area contributed by atoms with Crippen molar-refractivity contribution >= 4 is 11.9 Å². The summed E-state index contributed by atoms with van der Waals surface area (Å²) in [5.41, 5.74) is -0.698. The van der Waals surface area contributed by atoms with Crippen molar-refractivity contribution < 1.29 is 19.1 Å². The number of amides is 1. The van der Waals surface area contributed by atoms with E-state index in [-0.39, 0.29) is 5.91 Å². The van der Waals surface area contributed by atoms with Gasteiger partial charge in [-0.1, -0.05) is 30.4 Å². The first kappa shape index (κ1) is 15.3. The van der Waals surface area contributed by atoms with Crippen LogP contribution in [0.15, 0.2) is 42.5 Å². The minimum atomic E-state index is -1.19. The third-order valence-corrected chi connectivity index (χ3v) is 3.68. The molecule has 0 saturated heterocycles. The number of hydrogen-bond donors (Lipinski definition) is 1. The number of carbonyl (C=O) groups is 2. The maximum absolute atomic E-state index is 12.4. The SMILES string of the molecule is COC(=O)[C@]1(NC(=O)c2ccccc2)CCC=C[C@@H]1OC. The predicted octanol–water partition coefficient (Wildman–Crippen LogP) is 1.69. The lowest BCUT2D eigenvalue weighted by Gasteiger charge is -2.38. The van der Waals surface area contributed by atoms with Crippen molar-refractivity contribution in [3.8, 4) is 0 Å². The second kappa shape index (κ2) is 6.54. The van der Waals surface area contributed by atoms with E-state index in [2.05, 4.69) is 5.32 Å². The van der Waals surface area contributed by atoms with Gasteiger partial charge < -0.3 is 14.8 Å². The van der Waals surface area contributed by atoms with Gasteiger partial charge in [0.25, 0.3) is 5.91 Å². The smallest absolute Gasteiger partial charge is 0.334 e. The van der Waals surface area contributed by atoms with E-state index in [1.54, 1.807) is 30.3 Å². The molecule has 112 valence electrons. The van der Waals surface area contributed by atoms with Gasteiger partial charge in [0.05, 0.1) is 7.11 Å². The second-order valence-corrected chi connectivity index (χ2v) is 4.91. The van der Waals surface area contributed by atoms with E-state index < -0.39 is 17.6 Å². The molecule has 0 bridgehead atoms. The highest BCUT2D eigenvalue weighted by Crippen LogP contribution is 2.28. The summed E-state index contributed by atoms with van der Waals surface area (Å²) < 4.78 is 10.3. The van der Waals surface area contributed by atoms with Gasteiger partial charge in [-0.25, -0.2) is 4.79 Å². The Hall–Kier alpha value is -2.14. The van der Waals surface area contributed by atoms with Gasteiger partial charge in [-0.15, -0.1) is 0 Å². The molecular formula is C16H19NO4. The molecule has 1 aromatic carbocycles. The van der Waals surface area contributed by atoms with Gasteiger partial charge >= 0.3 is 5.97 Å². The number of methoxy groups -OCH3 is 2. The van der Waals surface area contributed by atoms with Crippen molar-refractivity contribution in [2.24, 2.45) is 0 Å². The van der Waals surface area contributed by atoms with Crippen LogP contribution in [0.1, 0.15) is 23.2 Å². The summed E-state index contributed by atoms with van der Waals surface area (Å²) in [5.74, 6) is -0.818. The Labute approximate surface area is 123 Å². The van der Waals surface area contributed by atoms with Gasteiger partial charge in [-0.2, -0.15) is 0 Å². The summed E-state index contributed by atoms with van der Waals surface area (Å²) >= 11 is 0. The summed E-state index contributed by atoms with van der Waals surface area (Å²) in [6.45, 7) is 0. The standard InChI is InChI=1S/C16H19NO4/c1-20-13-10-6-7-11-16(13,15(19)21-2)17-14(18)12-8-4-3-5-9-12/h3-6,8-10,13H,7,11H2,1-2H3,(H,17,18)/t13-,16-/m0/s1. The van der Waals surface area contributed by atoms with Gasteiger partial charge in [0.15, 0.2) is 5.54 Å². The zero-order chi connectivity index (χ0) is 15.3.